The Morgan fingerprint density at radius 3 is 2.55 bits per heavy atom. The van der Waals surface area contributed by atoms with Crippen LogP contribution < -0.4 is 4.90 Å². The maximum absolute atomic E-state index is 6.08. The summed E-state index contributed by atoms with van der Waals surface area (Å²) in [4.78, 5) is 2.24. The van der Waals surface area contributed by atoms with Crippen LogP contribution in [0.5, 0.6) is 0 Å². The average Bonchev–Trinajstić information content (AvgIpc) is 2.45. The van der Waals surface area contributed by atoms with E-state index in [9.17, 15) is 0 Å². The van der Waals surface area contributed by atoms with Gasteiger partial charge in [-0.1, -0.05) is 41.4 Å². The van der Waals surface area contributed by atoms with Crippen LogP contribution in [-0.4, -0.2) is 7.05 Å². The Morgan fingerprint density at radius 2 is 1.90 bits per heavy atom. The molecule has 0 saturated heterocycles. The molecule has 106 valence electrons. The van der Waals surface area contributed by atoms with Crippen molar-refractivity contribution < 1.29 is 0 Å². The molecule has 0 bridgehead atoms. The maximum Gasteiger partial charge on any atom is 0.0511 e. The molecule has 2 aromatic rings. The van der Waals surface area contributed by atoms with Gasteiger partial charge in [-0.15, -0.1) is 11.6 Å². The van der Waals surface area contributed by atoms with Crippen LogP contribution in [0.4, 0.5) is 5.69 Å². The van der Waals surface area contributed by atoms with Crippen LogP contribution in [0.25, 0.3) is 0 Å². The zero-order valence-corrected chi connectivity index (χ0v) is 13.5. The first-order valence-electron chi connectivity index (χ1n) is 6.66. The summed E-state index contributed by atoms with van der Waals surface area (Å²) in [6.45, 7) is 4.25. The van der Waals surface area contributed by atoms with Crippen LogP contribution in [0.15, 0.2) is 42.5 Å². The molecule has 0 aliphatic rings. The van der Waals surface area contributed by atoms with Crippen molar-refractivity contribution in [1.82, 2.24) is 0 Å². The van der Waals surface area contributed by atoms with E-state index in [2.05, 4.69) is 50.1 Å². The molecule has 2 aromatic carbocycles. The second-order valence-electron chi connectivity index (χ2n) is 5.11. The Labute approximate surface area is 131 Å². The second-order valence-corrected chi connectivity index (χ2v) is 5.81. The molecule has 1 unspecified atom stereocenters. The van der Waals surface area contributed by atoms with Gasteiger partial charge in [-0.25, -0.2) is 0 Å². The number of halogens is 2. The third-order valence-electron chi connectivity index (χ3n) is 3.67. The SMILES string of the molecule is Cc1ccc(N(C)C(C)c2cccc(Cl)c2)c(CCl)c1. The fourth-order valence-electron chi connectivity index (χ4n) is 2.36. The van der Waals surface area contributed by atoms with Gasteiger partial charge in [0.05, 0.1) is 6.04 Å². The lowest BCUT2D eigenvalue weighted by atomic mass is 10.0. The van der Waals surface area contributed by atoms with Gasteiger partial charge in [-0.2, -0.15) is 0 Å². The van der Waals surface area contributed by atoms with Crippen LogP contribution >= 0.6 is 23.2 Å². The Hall–Kier alpha value is -1.18. The molecule has 0 N–H and O–H groups in total. The van der Waals surface area contributed by atoms with Gasteiger partial charge >= 0.3 is 0 Å². The third kappa shape index (κ3) is 3.28. The highest BCUT2D eigenvalue weighted by Gasteiger charge is 2.15. The minimum Gasteiger partial charge on any atom is -0.368 e. The van der Waals surface area contributed by atoms with Crippen LogP contribution in [0.3, 0.4) is 0 Å². The molecule has 0 amide bonds. The van der Waals surface area contributed by atoms with Crippen molar-refractivity contribution in [3.05, 3.63) is 64.2 Å². The van der Waals surface area contributed by atoms with Crippen molar-refractivity contribution in [2.75, 3.05) is 11.9 Å². The van der Waals surface area contributed by atoms with Gasteiger partial charge < -0.3 is 4.90 Å². The molecule has 1 nitrogen and oxygen atoms in total. The summed E-state index contributed by atoms with van der Waals surface area (Å²) in [6.07, 6.45) is 0. The van der Waals surface area contributed by atoms with Gasteiger partial charge in [0.2, 0.25) is 0 Å². The number of hydrogen-bond acceptors (Lipinski definition) is 1. The normalized spacial score (nSPS) is 12.2. The van der Waals surface area contributed by atoms with Crippen molar-refractivity contribution in [3.8, 4) is 0 Å². The second kappa shape index (κ2) is 6.51. The van der Waals surface area contributed by atoms with Crippen LogP contribution in [-0.2, 0) is 5.88 Å². The first-order valence-corrected chi connectivity index (χ1v) is 7.58. The summed E-state index contributed by atoms with van der Waals surface area (Å²) in [5.74, 6) is 0.517. The van der Waals surface area contributed by atoms with Crippen LogP contribution in [0.2, 0.25) is 5.02 Å². The highest BCUT2D eigenvalue weighted by atomic mass is 35.5. The lowest BCUT2D eigenvalue weighted by Gasteiger charge is -2.29. The van der Waals surface area contributed by atoms with E-state index in [0.717, 1.165) is 16.3 Å². The molecule has 0 heterocycles. The molecule has 0 aliphatic carbocycles. The Balaban J connectivity index is 2.33. The number of benzene rings is 2. The predicted molar refractivity (Wildman–Crippen MR) is 89.0 cm³/mol. The van der Waals surface area contributed by atoms with Crippen LogP contribution in [0.1, 0.15) is 29.7 Å². The highest BCUT2D eigenvalue weighted by Crippen LogP contribution is 2.30. The molecular weight excluding hydrogens is 289 g/mol. The average molecular weight is 308 g/mol. The summed E-state index contributed by atoms with van der Waals surface area (Å²) < 4.78 is 0. The largest absolute Gasteiger partial charge is 0.368 e. The number of alkyl halides is 1. The number of nitrogens with zero attached hydrogens (tertiary/aromatic N) is 1. The van der Waals surface area contributed by atoms with E-state index < -0.39 is 0 Å². The molecule has 0 saturated carbocycles. The van der Waals surface area contributed by atoms with Gasteiger partial charge in [0, 0.05) is 23.6 Å². The van der Waals surface area contributed by atoms with Crippen molar-refractivity contribution >= 4 is 28.9 Å². The van der Waals surface area contributed by atoms with Crippen molar-refractivity contribution in [3.63, 3.8) is 0 Å². The molecule has 0 aromatic heterocycles. The molecule has 0 aliphatic heterocycles. The van der Waals surface area contributed by atoms with E-state index in [1.54, 1.807) is 0 Å². The van der Waals surface area contributed by atoms with E-state index in [1.807, 2.05) is 18.2 Å². The Morgan fingerprint density at radius 1 is 1.15 bits per heavy atom. The van der Waals surface area contributed by atoms with E-state index in [4.69, 9.17) is 23.2 Å². The zero-order chi connectivity index (χ0) is 14.7. The number of anilines is 1. The minimum atomic E-state index is 0.235. The van der Waals surface area contributed by atoms with Gasteiger partial charge in [-0.05, 0) is 43.2 Å². The first kappa shape index (κ1) is 15.2. The van der Waals surface area contributed by atoms with Crippen molar-refractivity contribution in [2.45, 2.75) is 25.8 Å². The lowest BCUT2D eigenvalue weighted by Crippen LogP contribution is -2.22. The fraction of sp³-hybridized carbons (Fsp3) is 0.294. The smallest absolute Gasteiger partial charge is 0.0511 e. The van der Waals surface area contributed by atoms with Gasteiger partial charge in [0.15, 0.2) is 0 Å². The summed E-state index contributed by atoms with van der Waals surface area (Å²) in [7, 11) is 2.09. The topological polar surface area (TPSA) is 3.24 Å². The van der Waals surface area contributed by atoms with Crippen molar-refractivity contribution in [1.29, 1.82) is 0 Å². The first-order chi connectivity index (χ1) is 9.52. The van der Waals surface area contributed by atoms with E-state index >= 15 is 0 Å². The Bertz CT molecular complexity index is 595. The molecule has 1 atom stereocenters. The molecule has 20 heavy (non-hydrogen) atoms. The van der Waals surface area contributed by atoms with E-state index in [0.29, 0.717) is 5.88 Å². The molecule has 0 spiro atoms. The molecule has 0 radical (unpaired) electrons. The summed E-state index contributed by atoms with van der Waals surface area (Å²) >= 11 is 12.2. The van der Waals surface area contributed by atoms with Crippen LogP contribution in [0, 0.1) is 6.92 Å². The lowest BCUT2D eigenvalue weighted by molar-refractivity contribution is 0.737. The zero-order valence-electron chi connectivity index (χ0n) is 12.0. The standard InChI is InChI=1S/C17H19Cl2N/c1-12-7-8-17(15(9-12)11-18)20(3)13(2)14-5-4-6-16(19)10-14/h4-10,13H,11H2,1-3H3. The van der Waals surface area contributed by atoms with Gasteiger partial charge in [-0.3, -0.25) is 0 Å². The fourth-order valence-corrected chi connectivity index (χ4v) is 2.78. The summed E-state index contributed by atoms with van der Waals surface area (Å²) in [5, 5.41) is 0.768. The van der Waals surface area contributed by atoms with E-state index in [-0.39, 0.29) is 6.04 Å². The van der Waals surface area contributed by atoms with E-state index in [1.165, 1.54) is 11.1 Å². The third-order valence-corrected chi connectivity index (χ3v) is 4.19. The summed E-state index contributed by atoms with van der Waals surface area (Å²) in [5.41, 5.74) is 4.75. The molecular formula is C17H19Cl2N. The number of rotatable bonds is 4. The number of aryl methyl sites for hydroxylation is 1. The summed E-state index contributed by atoms with van der Waals surface area (Å²) in [6, 6.07) is 14.6. The van der Waals surface area contributed by atoms with Gasteiger partial charge in [0.25, 0.3) is 0 Å². The van der Waals surface area contributed by atoms with Gasteiger partial charge in [0.1, 0.15) is 0 Å². The molecule has 2 rings (SSSR count). The monoisotopic (exact) mass is 307 g/mol. The molecule has 0 fully saturated rings. The predicted octanol–water partition coefficient (Wildman–Crippen LogP) is 5.58. The maximum atomic E-state index is 6.08. The molecule has 3 heteroatoms. The quantitative estimate of drug-likeness (QED) is 0.666. The number of hydrogen-bond donors (Lipinski definition) is 0. The van der Waals surface area contributed by atoms with Crippen molar-refractivity contribution in [2.24, 2.45) is 0 Å². The minimum absolute atomic E-state index is 0.235. The Kier molecular flexibility index (Phi) is 4.95. The highest BCUT2D eigenvalue weighted by molar-refractivity contribution is 6.30.